The lowest BCUT2D eigenvalue weighted by molar-refractivity contribution is 0.0246. The summed E-state index contributed by atoms with van der Waals surface area (Å²) < 4.78 is 5.24. The lowest BCUT2D eigenvalue weighted by Gasteiger charge is -2.25. The quantitative estimate of drug-likeness (QED) is 0.878. The third-order valence-corrected chi connectivity index (χ3v) is 4.25. The molecule has 0 radical (unpaired) electrons. The van der Waals surface area contributed by atoms with Gasteiger partial charge < -0.3 is 15.2 Å². The van der Waals surface area contributed by atoms with Gasteiger partial charge in [-0.05, 0) is 24.1 Å². The molecule has 2 N–H and O–H groups in total. The zero-order valence-electron chi connectivity index (χ0n) is 11.0. The highest BCUT2D eigenvalue weighted by atomic mass is 35.5. The third-order valence-electron chi connectivity index (χ3n) is 3.51. The maximum atomic E-state index is 10.2. The third kappa shape index (κ3) is 3.83. The van der Waals surface area contributed by atoms with Crippen molar-refractivity contribution in [1.82, 2.24) is 5.32 Å². The van der Waals surface area contributed by atoms with Gasteiger partial charge in [-0.15, -0.1) is 0 Å². The summed E-state index contributed by atoms with van der Waals surface area (Å²) in [4.78, 5) is 0. The highest BCUT2D eigenvalue weighted by Crippen LogP contribution is 2.27. The van der Waals surface area contributed by atoms with Crippen LogP contribution in [0.2, 0.25) is 10.0 Å². The number of aliphatic hydroxyl groups is 1. The first kappa shape index (κ1) is 15.1. The van der Waals surface area contributed by atoms with Gasteiger partial charge in [0.05, 0.1) is 16.7 Å². The first-order valence-electron chi connectivity index (χ1n) is 6.52. The van der Waals surface area contributed by atoms with E-state index in [1.54, 1.807) is 6.07 Å². The molecule has 0 aromatic heterocycles. The highest BCUT2D eigenvalue weighted by molar-refractivity contribution is 6.42. The van der Waals surface area contributed by atoms with Crippen molar-refractivity contribution in [1.29, 1.82) is 0 Å². The molecule has 1 aromatic rings. The zero-order chi connectivity index (χ0) is 13.9. The molecule has 3 nitrogen and oxygen atoms in total. The van der Waals surface area contributed by atoms with E-state index >= 15 is 0 Å². The van der Waals surface area contributed by atoms with Crippen LogP contribution < -0.4 is 5.32 Å². The summed E-state index contributed by atoms with van der Waals surface area (Å²) in [6, 6.07) is 5.79. The number of halogens is 2. The van der Waals surface area contributed by atoms with Gasteiger partial charge in [0.25, 0.3) is 0 Å². The fourth-order valence-electron chi connectivity index (χ4n) is 2.28. The van der Waals surface area contributed by atoms with Crippen molar-refractivity contribution < 1.29 is 9.84 Å². The van der Waals surface area contributed by atoms with E-state index in [1.165, 1.54) is 0 Å². The highest BCUT2D eigenvalue weighted by Gasteiger charge is 2.32. The van der Waals surface area contributed by atoms with E-state index in [9.17, 15) is 5.11 Å². The molecule has 1 aliphatic rings. The minimum atomic E-state index is -0.746. The summed E-state index contributed by atoms with van der Waals surface area (Å²) in [5.41, 5.74) is 0.336. The Kier molecular flexibility index (Phi) is 5.09. The molecular weight excluding hydrogens is 285 g/mol. The Morgan fingerprint density at radius 1 is 1.42 bits per heavy atom. The topological polar surface area (TPSA) is 41.5 Å². The van der Waals surface area contributed by atoms with Crippen LogP contribution in [0.3, 0.4) is 0 Å². The number of nitrogens with one attached hydrogen (secondary N) is 1. The van der Waals surface area contributed by atoms with E-state index in [2.05, 4.69) is 12.2 Å². The first-order valence-corrected chi connectivity index (χ1v) is 7.28. The second-order valence-corrected chi connectivity index (χ2v) is 5.86. The average molecular weight is 304 g/mol. The molecule has 1 fully saturated rings. The first-order chi connectivity index (χ1) is 9.04. The van der Waals surface area contributed by atoms with Crippen LogP contribution in [0.5, 0.6) is 0 Å². The summed E-state index contributed by atoms with van der Waals surface area (Å²) in [6.45, 7) is 3.64. The lowest BCUT2D eigenvalue weighted by Crippen LogP contribution is -2.42. The molecule has 0 amide bonds. The molecule has 1 aliphatic heterocycles. The van der Waals surface area contributed by atoms with Gasteiger partial charge in [0.2, 0.25) is 0 Å². The zero-order valence-corrected chi connectivity index (χ0v) is 12.5. The molecule has 2 unspecified atom stereocenters. The summed E-state index contributed by atoms with van der Waals surface area (Å²) >= 11 is 12.0. The van der Waals surface area contributed by atoms with Gasteiger partial charge in [-0.1, -0.05) is 36.2 Å². The van der Waals surface area contributed by atoms with E-state index in [4.69, 9.17) is 27.9 Å². The number of benzene rings is 1. The minimum Gasteiger partial charge on any atom is -0.386 e. The van der Waals surface area contributed by atoms with Gasteiger partial charge in [-0.3, -0.25) is 0 Å². The van der Waals surface area contributed by atoms with Gasteiger partial charge in [0.15, 0.2) is 0 Å². The molecule has 19 heavy (non-hydrogen) atoms. The van der Waals surface area contributed by atoms with Crippen LogP contribution in [0, 0.1) is 0 Å². The van der Waals surface area contributed by atoms with E-state index in [-0.39, 0.29) is 6.04 Å². The fourth-order valence-corrected chi connectivity index (χ4v) is 2.58. The summed E-state index contributed by atoms with van der Waals surface area (Å²) in [6.07, 6.45) is 1.59. The van der Waals surface area contributed by atoms with Crippen molar-refractivity contribution in [2.24, 2.45) is 0 Å². The van der Waals surface area contributed by atoms with Crippen molar-refractivity contribution in [2.75, 3.05) is 19.8 Å². The van der Waals surface area contributed by atoms with Gasteiger partial charge in [-0.2, -0.15) is 0 Å². The minimum absolute atomic E-state index is 0.152. The van der Waals surface area contributed by atoms with Crippen molar-refractivity contribution >= 4 is 23.2 Å². The molecular formula is C14H19Cl2NO2. The lowest BCUT2D eigenvalue weighted by atomic mass is 10.0. The van der Waals surface area contributed by atoms with Crippen molar-refractivity contribution in [3.8, 4) is 0 Å². The summed E-state index contributed by atoms with van der Waals surface area (Å²) in [5.74, 6) is 0. The van der Waals surface area contributed by atoms with E-state index in [0.29, 0.717) is 36.2 Å². The van der Waals surface area contributed by atoms with Crippen molar-refractivity contribution in [3.05, 3.63) is 33.8 Å². The van der Waals surface area contributed by atoms with Crippen molar-refractivity contribution in [3.63, 3.8) is 0 Å². The molecule has 2 rings (SSSR count). The SMILES string of the molecule is CCC(NCC1(O)CCOC1)c1ccc(Cl)c(Cl)c1. The molecule has 1 saturated heterocycles. The number of hydrogen-bond donors (Lipinski definition) is 2. The summed E-state index contributed by atoms with van der Waals surface area (Å²) in [5, 5.41) is 14.7. The number of rotatable bonds is 5. The number of hydrogen-bond acceptors (Lipinski definition) is 3. The van der Waals surface area contributed by atoms with Crippen molar-refractivity contribution in [2.45, 2.75) is 31.4 Å². The van der Waals surface area contributed by atoms with Gasteiger partial charge >= 0.3 is 0 Å². The van der Waals surface area contributed by atoms with Crippen LogP contribution in [-0.2, 0) is 4.74 Å². The monoisotopic (exact) mass is 303 g/mol. The van der Waals surface area contributed by atoms with E-state index in [1.807, 2.05) is 12.1 Å². The van der Waals surface area contributed by atoms with E-state index in [0.717, 1.165) is 12.0 Å². The second-order valence-electron chi connectivity index (χ2n) is 5.04. The maximum absolute atomic E-state index is 10.2. The molecule has 0 spiro atoms. The molecule has 1 heterocycles. The van der Waals surface area contributed by atoms with Gasteiger partial charge in [0, 0.05) is 25.6 Å². The Hall–Kier alpha value is -0.320. The molecule has 0 saturated carbocycles. The Morgan fingerprint density at radius 3 is 2.79 bits per heavy atom. The molecule has 0 bridgehead atoms. The molecule has 5 heteroatoms. The van der Waals surface area contributed by atoms with Crippen LogP contribution in [0.15, 0.2) is 18.2 Å². The Bertz CT molecular complexity index is 433. The molecule has 2 atom stereocenters. The smallest absolute Gasteiger partial charge is 0.103 e. The normalized spacial score (nSPS) is 24.6. The van der Waals surface area contributed by atoms with Crippen LogP contribution in [0.1, 0.15) is 31.4 Å². The maximum Gasteiger partial charge on any atom is 0.103 e. The largest absolute Gasteiger partial charge is 0.386 e. The standard InChI is InChI=1S/C14H19Cl2NO2/c1-2-13(10-3-4-11(15)12(16)7-10)17-8-14(18)5-6-19-9-14/h3-4,7,13,17-18H,2,5-6,8-9H2,1H3. The predicted molar refractivity (Wildman–Crippen MR) is 77.9 cm³/mol. The fraction of sp³-hybridized carbons (Fsp3) is 0.571. The Labute approximate surface area is 123 Å². The van der Waals surface area contributed by atoms with Crippen LogP contribution in [-0.4, -0.2) is 30.5 Å². The van der Waals surface area contributed by atoms with E-state index < -0.39 is 5.60 Å². The van der Waals surface area contributed by atoms with Gasteiger partial charge in [0.1, 0.15) is 5.60 Å². The average Bonchev–Trinajstić information content (AvgIpc) is 2.81. The molecule has 1 aromatic carbocycles. The predicted octanol–water partition coefficient (Wildman–Crippen LogP) is 3.19. The Balaban J connectivity index is 2.01. The molecule has 106 valence electrons. The molecule has 0 aliphatic carbocycles. The second kappa shape index (κ2) is 6.42. The summed E-state index contributed by atoms with van der Waals surface area (Å²) in [7, 11) is 0. The van der Waals surface area contributed by atoms with Crippen LogP contribution in [0.4, 0.5) is 0 Å². The van der Waals surface area contributed by atoms with Crippen LogP contribution in [0.25, 0.3) is 0 Å². The van der Waals surface area contributed by atoms with Crippen LogP contribution >= 0.6 is 23.2 Å². The number of ether oxygens (including phenoxy) is 1. The van der Waals surface area contributed by atoms with Gasteiger partial charge in [-0.25, -0.2) is 0 Å². The Morgan fingerprint density at radius 2 is 2.21 bits per heavy atom.